The predicted octanol–water partition coefficient (Wildman–Crippen LogP) is 3.09. The third-order valence-corrected chi connectivity index (χ3v) is 3.72. The summed E-state index contributed by atoms with van der Waals surface area (Å²) in [6, 6.07) is 15.6. The molecule has 0 saturated carbocycles. The van der Waals surface area contributed by atoms with Gasteiger partial charge in [0.2, 0.25) is 0 Å². The second-order valence-corrected chi connectivity index (χ2v) is 5.15. The van der Waals surface area contributed by atoms with Crippen molar-refractivity contribution in [3.05, 3.63) is 59.8 Å². The van der Waals surface area contributed by atoms with E-state index in [9.17, 15) is 0 Å². The summed E-state index contributed by atoms with van der Waals surface area (Å²) in [4.78, 5) is 7.73. The molecule has 1 heterocycles. The Morgan fingerprint density at radius 1 is 1.09 bits per heavy atom. The number of para-hydroxylation sites is 1. The molecule has 0 spiro atoms. The summed E-state index contributed by atoms with van der Waals surface area (Å²) in [5.41, 5.74) is 8.90. The predicted molar refractivity (Wildman–Crippen MR) is 92.3 cm³/mol. The third-order valence-electron chi connectivity index (χ3n) is 3.72. The molecule has 1 aromatic heterocycles. The van der Waals surface area contributed by atoms with Crippen molar-refractivity contribution >= 4 is 16.7 Å². The fourth-order valence-electron chi connectivity index (χ4n) is 2.46. The number of hydrogen-bond donors (Lipinski definition) is 2. The second kappa shape index (κ2) is 6.44. The molecule has 0 fully saturated rings. The van der Waals surface area contributed by atoms with E-state index >= 15 is 0 Å². The summed E-state index contributed by atoms with van der Waals surface area (Å²) in [6.07, 6.45) is 0. The van der Waals surface area contributed by atoms with Gasteiger partial charge in [-0.25, -0.2) is 0 Å². The van der Waals surface area contributed by atoms with Crippen molar-refractivity contribution in [2.75, 3.05) is 14.2 Å². The van der Waals surface area contributed by atoms with Gasteiger partial charge in [0.25, 0.3) is 0 Å². The van der Waals surface area contributed by atoms with Gasteiger partial charge in [-0.1, -0.05) is 18.2 Å². The van der Waals surface area contributed by atoms with Crippen LogP contribution in [0, 0.1) is 0 Å². The smallest absolute Gasteiger partial charge is 0.142 e. The first-order valence-electron chi connectivity index (χ1n) is 7.30. The number of aromatic nitrogens is 1. The van der Waals surface area contributed by atoms with Gasteiger partial charge in [0.15, 0.2) is 0 Å². The van der Waals surface area contributed by atoms with Crippen LogP contribution in [0.1, 0.15) is 11.3 Å². The van der Waals surface area contributed by atoms with Crippen LogP contribution in [0.5, 0.6) is 11.5 Å². The normalized spacial score (nSPS) is 11.7. The number of amidine groups is 1. The van der Waals surface area contributed by atoms with Crippen LogP contribution in [0.15, 0.2) is 53.5 Å². The minimum Gasteiger partial charge on any atom is -0.497 e. The van der Waals surface area contributed by atoms with Crippen LogP contribution >= 0.6 is 0 Å². The maximum absolute atomic E-state index is 6.12. The molecule has 0 saturated heterocycles. The average Bonchev–Trinajstić information content (AvgIpc) is 3.03. The molecule has 5 heteroatoms. The number of rotatable bonds is 5. The maximum atomic E-state index is 6.12. The lowest BCUT2D eigenvalue weighted by atomic mass is 10.2. The van der Waals surface area contributed by atoms with Crippen molar-refractivity contribution in [3.63, 3.8) is 0 Å². The molecule has 0 radical (unpaired) electrons. The van der Waals surface area contributed by atoms with Gasteiger partial charge in [-0.2, -0.15) is 0 Å². The SMILES string of the molecule is COc1ccc2[nH]c(C(N)=NCc3ccccc3OC)cc2c1. The number of fused-ring (bicyclic) bond motifs is 1. The summed E-state index contributed by atoms with van der Waals surface area (Å²) in [7, 11) is 3.30. The number of nitrogens with two attached hydrogens (primary N) is 1. The summed E-state index contributed by atoms with van der Waals surface area (Å²) >= 11 is 0. The Bertz CT molecular complexity index is 852. The fourth-order valence-corrected chi connectivity index (χ4v) is 2.46. The third kappa shape index (κ3) is 3.13. The molecular weight excluding hydrogens is 290 g/mol. The van der Waals surface area contributed by atoms with E-state index in [-0.39, 0.29) is 0 Å². The molecule has 5 nitrogen and oxygen atoms in total. The molecule has 3 rings (SSSR count). The van der Waals surface area contributed by atoms with Crippen LogP contribution in [-0.4, -0.2) is 25.0 Å². The van der Waals surface area contributed by atoms with E-state index in [1.165, 1.54) is 0 Å². The van der Waals surface area contributed by atoms with Crippen LogP contribution in [0.2, 0.25) is 0 Å². The molecule has 0 bridgehead atoms. The number of hydrogen-bond acceptors (Lipinski definition) is 3. The Morgan fingerprint density at radius 2 is 1.91 bits per heavy atom. The first kappa shape index (κ1) is 15.0. The van der Waals surface area contributed by atoms with Gasteiger partial charge in [-0.3, -0.25) is 4.99 Å². The van der Waals surface area contributed by atoms with Crippen molar-refractivity contribution in [2.24, 2.45) is 10.7 Å². The fraction of sp³-hybridized carbons (Fsp3) is 0.167. The number of ether oxygens (including phenoxy) is 2. The number of nitrogens with zero attached hydrogens (tertiary/aromatic N) is 1. The van der Waals surface area contributed by atoms with E-state index in [1.54, 1.807) is 14.2 Å². The van der Waals surface area contributed by atoms with E-state index in [2.05, 4.69) is 9.98 Å². The molecule has 118 valence electrons. The van der Waals surface area contributed by atoms with Crippen molar-refractivity contribution < 1.29 is 9.47 Å². The zero-order valence-corrected chi connectivity index (χ0v) is 13.2. The van der Waals surface area contributed by atoms with E-state index in [1.807, 2.05) is 48.5 Å². The Balaban J connectivity index is 1.86. The molecule has 0 aliphatic rings. The van der Waals surface area contributed by atoms with Gasteiger partial charge in [0.1, 0.15) is 17.3 Å². The topological polar surface area (TPSA) is 72.6 Å². The Kier molecular flexibility index (Phi) is 4.19. The zero-order valence-electron chi connectivity index (χ0n) is 13.2. The Labute approximate surface area is 134 Å². The Hall–Kier alpha value is -2.95. The molecule has 3 N–H and O–H groups in total. The monoisotopic (exact) mass is 309 g/mol. The number of methoxy groups -OCH3 is 2. The highest BCUT2D eigenvalue weighted by Gasteiger charge is 2.06. The number of aliphatic imine (C=N–C) groups is 1. The lowest BCUT2D eigenvalue weighted by Crippen LogP contribution is -2.14. The zero-order chi connectivity index (χ0) is 16.2. The average molecular weight is 309 g/mol. The van der Waals surface area contributed by atoms with E-state index in [0.29, 0.717) is 12.4 Å². The van der Waals surface area contributed by atoms with Crippen molar-refractivity contribution in [1.82, 2.24) is 4.98 Å². The van der Waals surface area contributed by atoms with Crippen molar-refractivity contribution in [2.45, 2.75) is 6.54 Å². The van der Waals surface area contributed by atoms with Crippen LogP contribution < -0.4 is 15.2 Å². The lowest BCUT2D eigenvalue weighted by Gasteiger charge is -2.05. The molecule has 0 atom stereocenters. The standard InChI is InChI=1S/C18H19N3O2/c1-22-14-7-8-15-13(9-14)10-16(21-15)18(19)20-11-12-5-3-4-6-17(12)23-2/h3-10,21H,11H2,1-2H3,(H2,19,20). The highest BCUT2D eigenvalue weighted by molar-refractivity contribution is 6.00. The molecule has 0 aliphatic carbocycles. The quantitative estimate of drug-likeness (QED) is 0.562. The minimum absolute atomic E-state index is 0.464. The van der Waals surface area contributed by atoms with Gasteiger partial charge in [-0.05, 0) is 30.3 Å². The second-order valence-electron chi connectivity index (χ2n) is 5.15. The Morgan fingerprint density at radius 3 is 2.70 bits per heavy atom. The number of nitrogens with one attached hydrogen (secondary N) is 1. The lowest BCUT2D eigenvalue weighted by molar-refractivity contribution is 0.410. The van der Waals surface area contributed by atoms with Gasteiger partial charge >= 0.3 is 0 Å². The maximum Gasteiger partial charge on any atom is 0.142 e. The molecule has 2 aromatic carbocycles. The molecular formula is C18H19N3O2. The van der Waals surface area contributed by atoms with E-state index in [0.717, 1.165) is 33.7 Å². The first-order valence-corrected chi connectivity index (χ1v) is 7.30. The van der Waals surface area contributed by atoms with Crippen LogP contribution in [-0.2, 0) is 6.54 Å². The summed E-state index contributed by atoms with van der Waals surface area (Å²) in [6.45, 7) is 0.467. The van der Waals surface area contributed by atoms with Gasteiger partial charge in [0.05, 0.1) is 26.5 Å². The molecule has 0 unspecified atom stereocenters. The molecule has 3 aromatic rings. The number of aromatic amines is 1. The van der Waals surface area contributed by atoms with Gasteiger partial charge in [-0.15, -0.1) is 0 Å². The van der Waals surface area contributed by atoms with Crippen LogP contribution in [0.3, 0.4) is 0 Å². The van der Waals surface area contributed by atoms with Gasteiger partial charge in [0, 0.05) is 16.5 Å². The number of benzene rings is 2. The summed E-state index contributed by atoms with van der Waals surface area (Å²) < 4.78 is 10.6. The molecule has 0 amide bonds. The number of H-pyrrole nitrogens is 1. The van der Waals surface area contributed by atoms with Crippen LogP contribution in [0.4, 0.5) is 0 Å². The van der Waals surface area contributed by atoms with Crippen LogP contribution in [0.25, 0.3) is 10.9 Å². The van der Waals surface area contributed by atoms with E-state index in [4.69, 9.17) is 15.2 Å². The van der Waals surface area contributed by atoms with E-state index < -0.39 is 0 Å². The summed E-state index contributed by atoms with van der Waals surface area (Å²) in [5, 5.41) is 1.04. The van der Waals surface area contributed by atoms with Crippen molar-refractivity contribution in [3.8, 4) is 11.5 Å². The highest BCUT2D eigenvalue weighted by atomic mass is 16.5. The molecule has 23 heavy (non-hydrogen) atoms. The highest BCUT2D eigenvalue weighted by Crippen LogP contribution is 2.22. The largest absolute Gasteiger partial charge is 0.497 e. The van der Waals surface area contributed by atoms with Crippen molar-refractivity contribution in [1.29, 1.82) is 0 Å². The molecule has 0 aliphatic heterocycles. The first-order chi connectivity index (χ1) is 11.2. The van der Waals surface area contributed by atoms with Gasteiger partial charge < -0.3 is 20.2 Å². The minimum atomic E-state index is 0.464. The summed E-state index contributed by atoms with van der Waals surface area (Å²) in [5.74, 6) is 2.09.